The topological polar surface area (TPSA) is 28.2 Å². The SMILES string of the molecule is CC(C)CN(C)c1cc(CNC2CC2)nc2ccccc12. The molecule has 21 heavy (non-hydrogen) atoms. The number of hydrogen-bond donors (Lipinski definition) is 1. The van der Waals surface area contributed by atoms with Crippen LogP contribution in [-0.2, 0) is 6.54 Å². The molecule has 1 aromatic carbocycles. The molecule has 112 valence electrons. The molecule has 1 N–H and O–H groups in total. The molecule has 2 aromatic rings. The molecule has 0 bridgehead atoms. The third-order valence-corrected chi connectivity index (χ3v) is 3.95. The zero-order valence-corrected chi connectivity index (χ0v) is 13.3. The van der Waals surface area contributed by atoms with Crippen LogP contribution in [0, 0.1) is 5.92 Å². The van der Waals surface area contributed by atoms with Crippen LogP contribution in [0.3, 0.4) is 0 Å². The second-order valence-electron chi connectivity index (χ2n) is 6.58. The van der Waals surface area contributed by atoms with Gasteiger partial charge in [0.1, 0.15) is 0 Å². The van der Waals surface area contributed by atoms with Crippen molar-refractivity contribution in [3.05, 3.63) is 36.0 Å². The maximum atomic E-state index is 4.81. The van der Waals surface area contributed by atoms with Gasteiger partial charge < -0.3 is 10.2 Å². The van der Waals surface area contributed by atoms with Crippen LogP contribution >= 0.6 is 0 Å². The van der Waals surface area contributed by atoms with Crippen LogP contribution in [0.2, 0.25) is 0 Å². The molecule has 1 heterocycles. The van der Waals surface area contributed by atoms with Gasteiger partial charge in [0.25, 0.3) is 0 Å². The highest BCUT2D eigenvalue weighted by atomic mass is 15.1. The number of anilines is 1. The van der Waals surface area contributed by atoms with Gasteiger partial charge in [-0.2, -0.15) is 0 Å². The van der Waals surface area contributed by atoms with Crippen LogP contribution in [0.4, 0.5) is 5.69 Å². The van der Waals surface area contributed by atoms with Crippen molar-refractivity contribution in [3.63, 3.8) is 0 Å². The molecule has 3 rings (SSSR count). The lowest BCUT2D eigenvalue weighted by Crippen LogP contribution is -2.23. The Bertz CT molecular complexity index is 617. The van der Waals surface area contributed by atoms with Crippen molar-refractivity contribution in [2.75, 3.05) is 18.5 Å². The predicted molar refractivity (Wildman–Crippen MR) is 89.7 cm³/mol. The molecular weight excluding hydrogens is 258 g/mol. The third-order valence-electron chi connectivity index (χ3n) is 3.95. The molecule has 0 radical (unpaired) electrons. The Morgan fingerprint density at radius 2 is 2.05 bits per heavy atom. The normalized spacial score (nSPS) is 14.9. The zero-order valence-electron chi connectivity index (χ0n) is 13.3. The van der Waals surface area contributed by atoms with Crippen molar-refractivity contribution >= 4 is 16.6 Å². The van der Waals surface area contributed by atoms with E-state index >= 15 is 0 Å². The van der Waals surface area contributed by atoms with Crippen molar-refractivity contribution in [2.24, 2.45) is 5.92 Å². The van der Waals surface area contributed by atoms with E-state index in [4.69, 9.17) is 4.98 Å². The van der Waals surface area contributed by atoms with Gasteiger partial charge in [-0.1, -0.05) is 32.0 Å². The average molecular weight is 283 g/mol. The fourth-order valence-corrected chi connectivity index (χ4v) is 2.80. The van der Waals surface area contributed by atoms with Crippen molar-refractivity contribution in [2.45, 2.75) is 39.3 Å². The van der Waals surface area contributed by atoms with E-state index in [0.717, 1.165) is 30.3 Å². The van der Waals surface area contributed by atoms with Crippen LogP contribution < -0.4 is 10.2 Å². The lowest BCUT2D eigenvalue weighted by atomic mass is 10.1. The van der Waals surface area contributed by atoms with E-state index < -0.39 is 0 Å². The monoisotopic (exact) mass is 283 g/mol. The first-order valence-corrected chi connectivity index (χ1v) is 7.96. The van der Waals surface area contributed by atoms with Crippen LogP contribution in [0.1, 0.15) is 32.4 Å². The van der Waals surface area contributed by atoms with E-state index in [1.165, 1.54) is 23.9 Å². The summed E-state index contributed by atoms with van der Waals surface area (Å²) in [6.45, 7) is 6.45. The van der Waals surface area contributed by atoms with Gasteiger partial charge >= 0.3 is 0 Å². The average Bonchev–Trinajstić information content (AvgIpc) is 3.27. The molecule has 1 saturated carbocycles. The van der Waals surface area contributed by atoms with E-state index in [1.807, 2.05) is 0 Å². The summed E-state index contributed by atoms with van der Waals surface area (Å²) >= 11 is 0. The molecule has 0 amide bonds. The lowest BCUT2D eigenvalue weighted by Gasteiger charge is -2.24. The summed E-state index contributed by atoms with van der Waals surface area (Å²) in [6.07, 6.45) is 2.63. The lowest BCUT2D eigenvalue weighted by molar-refractivity contribution is 0.638. The highest BCUT2D eigenvalue weighted by Crippen LogP contribution is 2.27. The summed E-state index contributed by atoms with van der Waals surface area (Å²) in [5, 5.41) is 4.81. The molecule has 0 unspecified atom stereocenters. The zero-order chi connectivity index (χ0) is 14.8. The minimum Gasteiger partial charge on any atom is -0.374 e. The molecule has 1 fully saturated rings. The number of rotatable bonds is 6. The second kappa shape index (κ2) is 6.02. The van der Waals surface area contributed by atoms with Gasteiger partial charge in [-0.05, 0) is 30.9 Å². The van der Waals surface area contributed by atoms with E-state index in [1.54, 1.807) is 0 Å². The Kier molecular flexibility index (Phi) is 4.11. The van der Waals surface area contributed by atoms with E-state index in [9.17, 15) is 0 Å². The molecule has 0 spiro atoms. The first kappa shape index (κ1) is 14.3. The largest absolute Gasteiger partial charge is 0.374 e. The molecule has 0 aliphatic heterocycles. The van der Waals surface area contributed by atoms with Gasteiger partial charge in [0.05, 0.1) is 11.2 Å². The van der Waals surface area contributed by atoms with Gasteiger partial charge in [0.15, 0.2) is 0 Å². The standard InChI is InChI=1S/C18H25N3/c1-13(2)12-21(3)18-10-15(11-19-14-8-9-14)20-17-7-5-4-6-16(17)18/h4-7,10,13-14,19H,8-9,11-12H2,1-3H3. The van der Waals surface area contributed by atoms with E-state index in [0.29, 0.717) is 5.92 Å². The molecule has 0 atom stereocenters. The number of aromatic nitrogens is 1. The molecule has 1 aromatic heterocycles. The number of nitrogens with zero attached hydrogens (tertiary/aromatic N) is 2. The van der Waals surface area contributed by atoms with E-state index in [-0.39, 0.29) is 0 Å². The highest BCUT2D eigenvalue weighted by molar-refractivity contribution is 5.91. The smallest absolute Gasteiger partial charge is 0.0726 e. The molecule has 0 saturated heterocycles. The Labute approximate surface area is 127 Å². The fraction of sp³-hybridized carbons (Fsp3) is 0.500. The number of hydrogen-bond acceptors (Lipinski definition) is 3. The van der Waals surface area contributed by atoms with Crippen LogP contribution in [0.15, 0.2) is 30.3 Å². The second-order valence-corrected chi connectivity index (χ2v) is 6.58. The quantitative estimate of drug-likeness (QED) is 0.878. The Morgan fingerprint density at radius 3 is 2.76 bits per heavy atom. The van der Waals surface area contributed by atoms with Gasteiger partial charge in [-0.15, -0.1) is 0 Å². The molecule has 3 heteroatoms. The minimum absolute atomic E-state index is 0.648. The summed E-state index contributed by atoms with van der Waals surface area (Å²) < 4.78 is 0. The number of nitrogens with one attached hydrogen (secondary N) is 1. The Balaban J connectivity index is 1.93. The Hall–Kier alpha value is -1.61. The molecule has 3 nitrogen and oxygen atoms in total. The third kappa shape index (κ3) is 3.53. The number of fused-ring (bicyclic) bond motifs is 1. The molecular formula is C18H25N3. The summed E-state index contributed by atoms with van der Waals surface area (Å²) in [4.78, 5) is 7.16. The van der Waals surface area contributed by atoms with Gasteiger partial charge in [0.2, 0.25) is 0 Å². The fourth-order valence-electron chi connectivity index (χ4n) is 2.80. The van der Waals surface area contributed by atoms with Crippen molar-refractivity contribution < 1.29 is 0 Å². The summed E-state index contributed by atoms with van der Waals surface area (Å²) in [5.41, 5.74) is 3.53. The summed E-state index contributed by atoms with van der Waals surface area (Å²) in [5.74, 6) is 0.648. The maximum Gasteiger partial charge on any atom is 0.0726 e. The summed E-state index contributed by atoms with van der Waals surface area (Å²) in [6, 6.07) is 11.4. The number of pyridine rings is 1. The van der Waals surface area contributed by atoms with Gasteiger partial charge in [0, 0.05) is 37.3 Å². The first-order valence-electron chi connectivity index (χ1n) is 7.96. The van der Waals surface area contributed by atoms with Crippen LogP contribution in [0.25, 0.3) is 10.9 Å². The number of benzene rings is 1. The predicted octanol–water partition coefficient (Wildman–Crippen LogP) is 3.58. The van der Waals surface area contributed by atoms with Crippen molar-refractivity contribution in [3.8, 4) is 0 Å². The van der Waals surface area contributed by atoms with Gasteiger partial charge in [-0.25, -0.2) is 0 Å². The van der Waals surface area contributed by atoms with Crippen LogP contribution in [-0.4, -0.2) is 24.6 Å². The van der Waals surface area contributed by atoms with Crippen LogP contribution in [0.5, 0.6) is 0 Å². The molecule has 1 aliphatic carbocycles. The van der Waals surface area contributed by atoms with Crippen molar-refractivity contribution in [1.29, 1.82) is 0 Å². The van der Waals surface area contributed by atoms with E-state index in [2.05, 4.69) is 61.4 Å². The Morgan fingerprint density at radius 1 is 1.29 bits per heavy atom. The highest BCUT2D eigenvalue weighted by Gasteiger charge is 2.20. The van der Waals surface area contributed by atoms with Crippen molar-refractivity contribution in [1.82, 2.24) is 10.3 Å². The first-order chi connectivity index (χ1) is 10.1. The maximum absolute atomic E-state index is 4.81. The minimum atomic E-state index is 0.648. The molecule has 1 aliphatic rings. The van der Waals surface area contributed by atoms with Gasteiger partial charge in [-0.3, -0.25) is 4.98 Å². The number of para-hydroxylation sites is 1. The summed E-state index contributed by atoms with van der Waals surface area (Å²) in [7, 11) is 2.18.